The minimum absolute atomic E-state index is 0.0294. The molecule has 0 aromatic rings. The highest BCUT2D eigenvalue weighted by molar-refractivity contribution is 7.47. The first kappa shape index (κ1) is 57.4. The highest BCUT2D eigenvalue weighted by atomic mass is 31.2. The Morgan fingerprint density at radius 2 is 0.950 bits per heavy atom. The molecule has 0 aliphatic heterocycles. The number of allylic oxidation sites excluding steroid dienone is 12. The maximum atomic E-state index is 12.6. The smallest absolute Gasteiger partial charge is 0.462 e. The van der Waals surface area contributed by atoms with E-state index in [4.69, 9.17) is 18.5 Å². The number of rotatable bonds is 42. The predicted molar refractivity (Wildman–Crippen MR) is 252 cm³/mol. The molecule has 346 valence electrons. The Morgan fingerprint density at radius 1 is 0.533 bits per heavy atom. The zero-order valence-electron chi connectivity index (χ0n) is 38.9. The summed E-state index contributed by atoms with van der Waals surface area (Å²) in [7, 11) is 1.47. The number of ether oxygens (including phenoxy) is 2. The first-order valence-electron chi connectivity index (χ1n) is 23.7. The molecule has 1 N–H and O–H groups in total. The second-order valence-corrected chi connectivity index (χ2v) is 18.2. The van der Waals surface area contributed by atoms with Crippen LogP contribution in [0.3, 0.4) is 0 Å². The standard InChI is InChI=1S/C50H88NO8P/c1-6-8-10-12-13-14-15-16-17-18-19-20-21-22-23-24-25-26-27-28-29-30-31-32-33-34-35-36-37-39-41-43-50(53)59-48(46-56-49(52)42-40-38-11-9-7-2)47-58-60(54,55)57-45-44-51(3,4)5/h8,10,13-14,16-17,19-20,22-23,25-26,48H,6-7,9,11-12,15,18,21,24,27-47H2,1-5H3/p+1/b10-8-,14-13-,17-16-,20-19-,23-22-,26-25-. The van der Waals surface area contributed by atoms with Gasteiger partial charge in [-0.15, -0.1) is 0 Å². The topological polar surface area (TPSA) is 108 Å². The van der Waals surface area contributed by atoms with Gasteiger partial charge >= 0.3 is 19.8 Å². The van der Waals surface area contributed by atoms with Gasteiger partial charge in [-0.25, -0.2) is 4.57 Å². The number of nitrogens with zero attached hydrogens (tertiary/aromatic N) is 1. The molecule has 60 heavy (non-hydrogen) atoms. The molecule has 0 amide bonds. The molecular formula is C50H89NO8P+. The summed E-state index contributed by atoms with van der Waals surface area (Å²) in [4.78, 5) is 35.1. The summed E-state index contributed by atoms with van der Waals surface area (Å²) in [6.45, 7) is 4.20. The lowest BCUT2D eigenvalue weighted by atomic mass is 10.0. The van der Waals surface area contributed by atoms with Crippen molar-refractivity contribution >= 4 is 19.8 Å². The molecule has 10 heteroatoms. The van der Waals surface area contributed by atoms with Crippen LogP contribution in [0.4, 0.5) is 0 Å². The van der Waals surface area contributed by atoms with E-state index in [-0.39, 0.29) is 32.0 Å². The van der Waals surface area contributed by atoms with Crippen molar-refractivity contribution < 1.29 is 42.1 Å². The van der Waals surface area contributed by atoms with Gasteiger partial charge in [0.25, 0.3) is 0 Å². The van der Waals surface area contributed by atoms with E-state index in [9.17, 15) is 19.0 Å². The lowest BCUT2D eigenvalue weighted by Gasteiger charge is -2.24. The zero-order valence-corrected chi connectivity index (χ0v) is 39.8. The Bertz CT molecular complexity index is 1250. The summed E-state index contributed by atoms with van der Waals surface area (Å²) >= 11 is 0. The van der Waals surface area contributed by atoms with Crippen molar-refractivity contribution in [2.24, 2.45) is 0 Å². The summed E-state index contributed by atoms with van der Waals surface area (Å²) in [5.74, 6) is -0.818. The fourth-order valence-electron chi connectivity index (χ4n) is 6.08. The largest absolute Gasteiger partial charge is 0.472 e. The summed E-state index contributed by atoms with van der Waals surface area (Å²) in [5.41, 5.74) is 0. The van der Waals surface area contributed by atoms with Crippen molar-refractivity contribution in [3.05, 3.63) is 72.9 Å². The number of phosphoric acid groups is 1. The van der Waals surface area contributed by atoms with E-state index >= 15 is 0 Å². The number of quaternary nitrogens is 1. The number of carbonyl (C=O) groups is 2. The molecule has 0 rings (SSSR count). The number of hydrogen-bond acceptors (Lipinski definition) is 7. The van der Waals surface area contributed by atoms with Crippen LogP contribution in [-0.2, 0) is 32.7 Å². The van der Waals surface area contributed by atoms with Crippen molar-refractivity contribution in [3.8, 4) is 0 Å². The maximum absolute atomic E-state index is 12.6. The average molecular weight is 863 g/mol. The predicted octanol–water partition coefficient (Wildman–Crippen LogP) is 13.8. The third-order valence-electron chi connectivity index (χ3n) is 9.75. The maximum Gasteiger partial charge on any atom is 0.472 e. The van der Waals surface area contributed by atoms with Crippen LogP contribution in [0.15, 0.2) is 72.9 Å². The van der Waals surface area contributed by atoms with Crippen molar-refractivity contribution in [2.45, 2.75) is 187 Å². The van der Waals surface area contributed by atoms with Gasteiger partial charge in [-0.3, -0.25) is 18.6 Å². The van der Waals surface area contributed by atoms with E-state index in [1.165, 1.54) is 57.8 Å². The third-order valence-corrected chi connectivity index (χ3v) is 10.7. The quantitative estimate of drug-likeness (QED) is 0.0212. The Labute approximate surface area is 368 Å². The Kier molecular flexibility index (Phi) is 40.0. The molecule has 0 aromatic heterocycles. The second-order valence-electron chi connectivity index (χ2n) is 16.8. The number of hydrogen-bond donors (Lipinski definition) is 1. The first-order valence-corrected chi connectivity index (χ1v) is 25.2. The minimum Gasteiger partial charge on any atom is -0.462 e. The van der Waals surface area contributed by atoms with Crippen LogP contribution >= 0.6 is 7.82 Å². The van der Waals surface area contributed by atoms with Gasteiger partial charge in [-0.2, -0.15) is 0 Å². The molecule has 0 saturated heterocycles. The first-order chi connectivity index (χ1) is 29.0. The van der Waals surface area contributed by atoms with Gasteiger partial charge < -0.3 is 18.9 Å². The van der Waals surface area contributed by atoms with Crippen LogP contribution in [0.2, 0.25) is 0 Å². The van der Waals surface area contributed by atoms with Crippen LogP contribution < -0.4 is 0 Å². The third kappa shape index (κ3) is 45.0. The summed E-state index contributed by atoms with van der Waals surface area (Å²) in [6.07, 6.45) is 53.0. The molecule has 0 radical (unpaired) electrons. The van der Waals surface area contributed by atoms with Gasteiger partial charge in [0.2, 0.25) is 0 Å². The SMILES string of the molecule is CC/C=C\C/C=C\C/C=C\C/C=C\C/C=C\C/C=C\CCCCCCCCCCCCCCC(=O)OC(COC(=O)CCCCCCC)COP(=O)(O)OCC[N+](C)(C)C. The van der Waals surface area contributed by atoms with Gasteiger partial charge in [0.05, 0.1) is 27.7 Å². The number of phosphoric ester groups is 1. The number of likely N-dealkylation sites (N-methyl/N-ethyl adjacent to an activating group) is 1. The molecule has 9 nitrogen and oxygen atoms in total. The zero-order chi connectivity index (χ0) is 44.3. The van der Waals surface area contributed by atoms with Gasteiger partial charge in [-0.1, -0.05) is 177 Å². The lowest BCUT2D eigenvalue weighted by molar-refractivity contribution is -0.870. The fraction of sp³-hybridized carbons (Fsp3) is 0.720. The highest BCUT2D eigenvalue weighted by Crippen LogP contribution is 2.43. The molecule has 0 aliphatic rings. The van der Waals surface area contributed by atoms with Crippen molar-refractivity contribution in [2.75, 3.05) is 47.5 Å². The van der Waals surface area contributed by atoms with Crippen LogP contribution in [0, 0.1) is 0 Å². The molecule has 2 atom stereocenters. The van der Waals surface area contributed by atoms with Crippen LogP contribution in [-0.4, -0.2) is 74.9 Å². The van der Waals surface area contributed by atoms with Gasteiger partial charge in [-0.05, 0) is 64.2 Å². The monoisotopic (exact) mass is 863 g/mol. The van der Waals surface area contributed by atoms with Crippen molar-refractivity contribution in [1.82, 2.24) is 0 Å². The lowest BCUT2D eigenvalue weighted by Crippen LogP contribution is -2.37. The van der Waals surface area contributed by atoms with Gasteiger partial charge in [0.15, 0.2) is 6.10 Å². The van der Waals surface area contributed by atoms with E-state index in [1.54, 1.807) is 0 Å². The Balaban J connectivity index is 4.00. The second kappa shape index (κ2) is 41.8. The Hall–Kier alpha value is -2.55. The summed E-state index contributed by atoms with van der Waals surface area (Å²) < 4.78 is 34.1. The number of carbonyl (C=O) groups excluding carboxylic acids is 2. The molecule has 0 fully saturated rings. The molecule has 0 aliphatic carbocycles. The fourth-order valence-corrected chi connectivity index (χ4v) is 6.82. The number of unbranched alkanes of at least 4 members (excludes halogenated alkanes) is 16. The molecule has 0 heterocycles. The average Bonchev–Trinajstić information content (AvgIpc) is 3.20. The van der Waals surface area contributed by atoms with Crippen LogP contribution in [0.1, 0.15) is 181 Å². The minimum atomic E-state index is -4.37. The Morgan fingerprint density at radius 3 is 1.42 bits per heavy atom. The molecule has 0 bridgehead atoms. The van der Waals surface area contributed by atoms with E-state index in [0.717, 1.165) is 89.9 Å². The summed E-state index contributed by atoms with van der Waals surface area (Å²) in [5, 5.41) is 0. The van der Waals surface area contributed by atoms with Crippen LogP contribution in [0.25, 0.3) is 0 Å². The highest BCUT2D eigenvalue weighted by Gasteiger charge is 2.27. The normalized spacial score (nSPS) is 14.2. The van der Waals surface area contributed by atoms with Crippen molar-refractivity contribution in [1.29, 1.82) is 0 Å². The van der Waals surface area contributed by atoms with E-state index < -0.39 is 26.5 Å². The molecule has 2 unspecified atom stereocenters. The van der Waals surface area contributed by atoms with Crippen molar-refractivity contribution in [3.63, 3.8) is 0 Å². The van der Waals surface area contributed by atoms with E-state index in [1.807, 2.05) is 21.1 Å². The van der Waals surface area contributed by atoms with E-state index in [2.05, 4.69) is 86.8 Å². The van der Waals surface area contributed by atoms with Gasteiger partial charge in [0.1, 0.15) is 19.8 Å². The molecule has 0 spiro atoms. The van der Waals surface area contributed by atoms with E-state index in [0.29, 0.717) is 17.4 Å². The molecular weight excluding hydrogens is 774 g/mol. The molecule has 0 aromatic carbocycles. The van der Waals surface area contributed by atoms with Gasteiger partial charge in [0, 0.05) is 12.8 Å². The number of esters is 2. The summed E-state index contributed by atoms with van der Waals surface area (Å²) in [6, 6.07) is 0. The van der Waals surface area contributed by atoms with Crippen LogP contribution in [0.5, 0.6) is 0 Å². The molecule has 0 saturated carbocycles.